The molecule has 0 aliphatic carbocycles. The minimum absolute atomic E-state index is 0.174. The van der Waals surface area contributed by atoms with Crippen molar-refractivity contribution in [2.24, 2.45) is 10.3 Å². The highest BCUT2D eigenvalue weighted by atomic mass is 32.2. The standard InChI is InChI=1S/C19H19N5O4S/c1-3-28-19(26)15-7-4-8-16(10-15)24(13(2)12-21-23-20)29-17-9-5-6-14(11-17)18(25)22-27/h4-11,13H,3,12H2,1-2H3. The van der Waals surface area contributed by atoms with Crippen molar-refractivity contribution in [3.05, 3.63) is 75.0 Å². The molecule has 0 aromatic heterocycles. The molecule has 1 unspecified atom stereocenters. The van der Waals surface area contributed by atoms with E-state index in [0.29, 0.717) is 16.1 Å². The van der Waals surface area contributed by atoms with Crippen molar-refractivity contribution in [3.8, 4) is 0 Å². The van der Waals surface area contributed by atoms with Gasteiger partial charge in [0.25, 0.3) is 0 Å². The van der Waals surface area contributed by atoms with E-state index in [9.17, 15) is 14.5 Å². The number of azide groups is 1. The van der Waals surface area contributed by atoms with Gasteiger partial charge in [-0.15, -0.1) is 4.91 Å². The second kappa shape index (κ2) is 10.8. The predicted molar refractivity (Wildman–Crippen MR) is 111 cm³/mol. The summed E-state index contributed by atoms with van der Waals surface area (Å²) in [7, 11) is 0. The minimum atomic E-state index is -0.856. The number of rotatable bonds is 9. The molecule has 2 aromatic rings. The largest absolute Gasteiger partial charge is 0.462 e. The van der Waals surface area contributed by atoms with E-state index in [2.05, 4.69) is 15.2 Å². The van der Waals surface area contributed by atoms with Gasteiger partial charge in [0.1, 0.15) is 0 Å². The minimum Gasteiger partial charge on any atom is -0.462 e. The molecule has 9 nitrogen and oxygen atoms in total. The summed E-state index contributed by atoms with van der Waals surface area (Å²) in [6.07, 6.45) is 0. The number of nitroso groups, excluding NO2 is 1. The quantitative estimate of drug-likeness (QED) is 0.142. The Morgan fingerprint density at radius 2 is 1.93 bits per heavy atom. The zero-order valence-electron chi connectivity index (χ0n) is 15.9. The van der Waals surface area contributed by atoms with Gasteiger partial charge in [0.15, 0.2) is 0 Å². The van der Waals surface area contributed by atoms with Crippen molar-refractivity contribution in [1.82, 2.24) is 0 Å². The molecule has 29 heavy (non-hydrogen) atoms. The zero-order chi connectivity index (χ0) is 21.2. The molecule has 0 bridgehead atoms. The van der Waals surface area contributed by atoms with E-state index in [1.807, 2.05) is 17.3 Å². The van der Waals surface area contributed by atoms with Gasteiger partial charge >= 0.3 is 11.9 Å². The number of carbonyl (C=O) groups excluding carboxylic acids is 2. The normalized spacial score (nSPS) is 11.1. The van der Waals surface area contributed by atoms with Crippen molar-refractivity contribution >= 4 is 29.5 Å². The van der Waals surface area contributed by atoms with Crippen LogP contribution in [0, 0.1) is 4.91 Å². The number of nitrogens with zero attached hydrogens (tertiary/aromatic N) is 5. The van der Waals surface area contributed by atoms with Crippen LogP contribution in [0.5, 0.6) is 0 Å². The summed E-state index contributed by atoms with van der Waals surface area (Å²) in [6.45, 7) is 4.04. The highest BCUT2D eigenvalue weighted by Gasteiger charge is 2.19. The highest BCUT2D eigenvalue weighted by molar-refractivity contribution is 8.00. The van der Waals surface area contributed by atoms with Gasteiger partial charge in [-0.25, -0.2) is 4.79 Å². The van der Waals surface area contributed by atoms with Crippen LogP contribution in [-0.4, -0.2) is 31.1 Å². The molecule has 0 saturated carbocycles. The molecule has 0 N–H and O–H groups in total. The van der Waals surface area contributed by atoms with Gasteiger partial charge in [-0.2, -0.15) is 0 Å². The summed E-state index contributed by atoms with van der Waals surface area (Å²) >= 11 is 1.28. The fourth-order valence-electron chi connectivity index (χ4n) is 2.46. The van der Waals surface area contributed by atoms with Crippen LogP contribution < -0.4 is 4.31 Å². The third kappa shape index (κ3) is 6.06. The number of hydrogen-bond acceptors (Lipinski definition) is 7. The fourth-order valence-corrected chi connectivity index (χ4v) is 3.47. The Labute approximate surface area is 171 Å². The van der Waals surface area contributed by atoms with E-state index in [-0.39, 0.29) is 24.8 Å². The highest BCUT2D eigenvalue weighted by Crippen LogP contribution is 2.32. The lowest BCUT2D eigenvalue weighted by Crippen LogP contribution is -2.29. The lowest BCUT2D eigenvalue weighted by Gasteiger charge is -2.29. The van der Waals surface area contributed by atoms with Gasteiger partial charge in [0.2, 0.25) is 0 Å². The lowest BCUT2D eigenvalue weighted by atomic mass is 10.2. The summed E-state index contributed by atoms with van der Waals surface area (Å²) in [5.41, 5.74) is 9.90. The number of esters is 1. The molecule has 2 aromatic carbocycles. The van der Waals surface area contributed by atoms with E-state index < -0.39 is 11.9 Å². The Hall–Kier alpha value is -3.36. The molecule has 0 aliphatic heterocycles. The monoisotopic (exact) mass is 413 g/mol. The van der Waals surface area contributed by atoms with Gasteiger partial charge in [-0.05, 0) is 67.7 Å². The first-order chi connectivity index (χ1) is 14.0. The molecule has 150 valence electrons. The molecule has 10 heteroatoms. The fraction of sp³-hybridized carbons (Fsp3) is 0.263. The number of benzene rings is 2. The molecular weight excluding hydrogens is 394 g/mol. The van der Waals surface area contributed by atoms with Crippen molar-refractivity contribution in [3.63, 3.8) is 0 Å². The Kier molecular flexibility index (Phi) is 8.20. The maximum absolute atomic E-state index is 12.1. The van der Waals surface area contributed by atoms with Crippen LogP contribution in [0.15, 0.2) is 63.7 Å². The van der Waals surface area contributed by atoms with Crippen LogP contribution in [0.25, 0.3) is 10.4 Å². The topological polar surface area (TPSA) is 125 Å². The summed E-state index contributed by atoms with van der Waals surface area (Å²) in [5.74, 6) is -1.29. The van der Waals surface area contributed by atoms with Crippen molar-refractivity contribution in [2.75, 3.05) is 17.5 Å². The van der Waals surface area contributed by atoms with E-state index in [1.54, 1.807) is 43.3 Å². The molecule has 2 rings (SSSR count). The molecule has 1 amide bonds. The summed E-state index contributed by atoms with van der Waals surface area (Å²) in [6, 6.07) is 13.1. The average molecular weight is 413 g/mol. The lowest BCUT2D eigenvalue weighted by molar-refractivity contribution is 0.0526. The van der Waals surface area contributed by atoms with Gasteiger partial charge in [-0.3, -0.25) is 4.79 Å². The first-order valence-electron chi connectivity index (χ1n) is 8.73. The van der Waals surface area contributed by atoms with Gasteiger partial charge in [0.05, 0.1) is 12.2 Å². The zero-order valence-corrected chi connectivity index (χ0v) is 16.7. The molecule has 0 fully saturated rings. The van der Waals surface area contributed by atoms with Crippen LogP contribution in [0.1, 0.15) is 34.6 Å². The third-order valence-electron chi connectivity index (χ3n) is 3.79. The van der Waals surface area contributed by atoms with Gasteiger partial charge in [0, 0.05) is 38.8 Å². The SMILES string of the molecule is CCOC(=O)c1cccc(N(Sc2cccc(C(=O)N=O)c2)C(C)CN=[N+]=[N-])c1. The first kappa shape index (κ1) is 21.9. The van der Waals surface area contributed by atoms with Crippen molar-refractivity contribution in [1.29, 1.82) is 0 Å². The van der Waals surface area contributed by atoms with Crippen LogP contribution in [0.4, 0.5) is 5.69 Å². The summed E-state index contributed by atoms with van der Waals surface area (Å²) in [5, 5.41) is 6.07. The van der Waals surface area contributed by atoms with Crippen LogP contribution >= 0.6 is 11.9 Å². The summed E-state index contributed by atoms with van der Waals surface area (Å²) in [4.78, 5) is 37.7. The maximum atomic E-state index is 12.1. The second-order valence-corrected chi connectivity index (χ2v) is 6.92. The van der Waals surface area contributed by atoms with E-state index in [0.717, 1.165) is 0 Å². The molecule has 0 aliphatic rings. The molecule has 0 spiro atoms. The summed E-state index contributed by atoms with van der Waals surface area (Å²) < 4.78 is 6.91. The van der Waals surface area contributed by atoms with E-state index in [1.165, 1.54) is 18.0 Å². The van der Waals surface area contributed by atoms with Crippen LogP contribution in [-0.2, 0) is 4.74 Å². The Morgan fingerprint density at radius 1 is 1.21 bits per heavy atom. The molecular formula is C19H19N5O4S. The Bertz CT molecular complexity index is 946. The third-order valence-corrected chi connectivity index (χ3v) is 5.02. The molecule has 1 atom stereocenters. The van der Waals surface area contributed by atoms with Crippen LogP contribution in [0.3, 0.4) is 0 Å². The Balaban J connectivity index is 2.39. The average Bonchev–Trinajstić information content (AvgIpc) is 2.75. The van der Waals surface area contributed by atoms with Gasteiger partial charge in [-0.1, -0.05) is 17.2 Å². The van der Waals surface area contributed by atoms with Crippen LogP contribution in [0.2, 0.25) is 0 Å². The molecule has 0 radical (unpaired) electrons. The van der Waals surface area contributed by atoms with E-state index in [4.69, 9.17) is 10.3 Å². The Morgan fingerprint density at radius 3 is 2.62 bits per heavy atom. The number of amides is 1. The second-order valence-electron chi connectivity index (χ2n) is 5.87. The first-order valence-corrected chi connectivity index (χ1v) is 9.50. The predicted octanol–water partition coefficient (Wildman–Crippen LogP) is 4.98. The van der Waals surface area contributed by atoms with E-state index >= 15 is 0 Å². The molecule has 0 heterocycles. The van der Waals surface area contributed by atoms with Crippen molar-refractivity contribution in [2.45, 2.75) is 24.8 Å². The number of anilines is 1. The van der Waals surface area contributed by atoms with Gasteiger partial charge < -0.3 is 9.04 Å². The number of ether oxygens (including phenoxy) is 1. The number of carbonyl (C=O) groups is 2. The maximum Gasteiger partial charge on any atom is 0.338 e. The van der Waals surface area contributed by atoms with Crippen molar-refractivity contribution < 1.29 is 14.3 Å². The smallest absolute Gasteiger partial charge is 0.338 e. The molecule has 0 saturated heterocycles. The number of hydrogen-bond donors (Lipinski definition) is 0.